The van der Waals surface area contributed by atoms with Gasteiger partial charge in [0, 0.05) is 18.8 Å². The molecule has 1 aliphatic rings. The Balaban J connectivity index is 2.09. The van der Waals surface area contributed by atoms with Crippen molar-refractivity contribution in [3.8, 4) is 0 Å². The van der Waals surface area contributed by atoms with E-state index in [1.54, 1.807) is 4.90 Å². The Kier molecular flexibility index (Phi) is 5.41. The average molecular weight is 303 g/mol. The van der Waals surface area contributed by atoms with Crippen molar-refractivity contribution in [2.75, 3.05) is 18.0 Å². The van der Waals surface area contributed by atoms with Crippen molar-refractivity contribution >= 4 is 17.6 Å². The summed E-state index contributed by atoms with van der Waals surface area (Å²) < 4.78 is 0. The molecule has 0 radical (unpaired) electrons. The van der Waals surface area contributed by atoms with Crippen molar-refractivity contribution in [3.05, 3.63) is 29.8 Å². The summed E-state index contributed by atoms with van der Waals surface area (Å²) in [5, 5.41) is 5.58. The van der Waals surface area contributed by atoms with Gasteiger partial charge in [0.2, 0.25) is 5.91 Å². The lowest BCUT2D eigenvalue weighted by Gasteiger charge is -2.27. The summed E-state index contributed by atoms with van der Waals surface area (Å²) in [7, 11) is 0. The largest absolute Gasteiger partial charge is 0.338 e. The number of carbonyl (C=O) groups is 2. The van der Waals surface area contributed by atoms with Crippen LogP contribution in [0.1, 0.15) is 32.8 Å². The third kappa shape index (κ3) is 3.59. The van der Waals surface area contributed by atoms with Gasteiger partial charge in [0.1, 0.15) is 6.04 Å². The molecule has 1 aromatic rings. The monoisotopic (exact) mass is 303 g/mol. The summed E-state index contributed by atoms with van der Waals surface area (Å²) in [4.78, 5) is 26.5. The smallest absolute Gasteiger partial charge is 0.315 e. The Bertz CT molecular complexity index is 542. The summed E-state index contributed by atoms with van der Waals surface area (Å²) in [6, 6.07) is 7.16. The molecule has 0 aliphatic carbocycles. The lowest BCUT2D eigenvalue weighted by atomic mass is 10.0. The molecule has 5 nitrogen and oxygen atoms in total. The fraction of sp³-hybridized carbons (Fsp3) is 0.529. The summed E-state index contributed by atoms with van der Waals surface area (Å²) >= 11 is 0. The SMILES string of the molecule is CCCNC(=O)NC(C(=O)N1CCc2ccccc21)C(C)C. The quantitative estimate of drug-likeness (QED) is 0.877. The van der Waals surface area contributed by atoms with Crippen LogP contribution >= 0.6 is 0 Å². The lowest BCUT2D eigenvalue weighted by molar-refractivity contribution is -0.121. The minimum atomic E-state index is -0.511. The van der Waals surface area contributed by atoms with Crippen LogP contribution in [0.5, 0.6) is 0 Å². The summed E-state index contributed by atoms with van der Waals surface area (Å²) in [6.45, 7) is 7.18. The zero-order valence-electron chi connectivity index (χ0n) is 13.6. The molecular formula is C17H25N3O2. The first kappa shape index (κ1) is 16.3. The van der Waals surface area contributed by atoms with Crippen molar-refractivity contribution in [2.24, 2.45) is 5.92 Å². The molecule has 1 heterocycles. The van der Waals surface area contributed by atoms with Gasteiger partial charge < -0.3 is 15.5 Å². The number of rotatable bonds is 5. The Morgan fingerprint density at radius 1 is 1.27 bits per heavy atom. The van der Waals surface area contributed by atoms with E-state index in [0.717, 1.165) is 18.5 Å². The molecule has 1 aromatic carbocycles. The van der Waals surface area contributed by atoms with Crippen LogP contribution in [0.3, 0.4) is 0 Å². The second-order valence-electron chi connectivity index (χ2n) is 5.99. The van der Waals surface area contributed by atoms with Crippen LogP contribution in [-0.2, 0) is 11.2 Å². The average Bonchev–Trinajstić information content (AvgIpc) is 2.93. The van der Waals surface area contributed by atoms with E-state index in [0.29, 0.717) is 13.1 Å². The molecule has 0 saturated carbocycles. The normalized spacial score (nSPS) is 14.6. The lowest BCUT2D eigenvalue weighted by Crippen LogP contribution is -2.53. The topological polar surface area (TPSA) is 61.4 Å². The van der Waals surface area contributed by atoms with Gasteiger partial charge in [0.15, 0.2) is 0 Å². The zero-order valence-corrected chi connectivity index (χ0v) is 13.6. The zero-order chi connectivity index (χ0) is 16.1. The van der Waals surface area contributed by atoms with Crippen molar-refractivity contribution in [1.82, 2.24) is 10.6 Å². The predicted molar refractivity (Wildman–Crippen MR) is 88.0 cm³/mol. The number of fused-ring (bicyclic) bond motifs is 1. The van der Waals surface area contributed by atoms with Gasteiger partial charge in [-0.2, -0.15) is 0 Å². The molecule has 0 aromatic heterocycles. The van der Waals surface area contributed by atoms with E-state index in [-0.39, 0.29) is 17.9 Å². The number of benzene rings is 1. The molecule has 2 N–H and O–H groups in total. The highest BCUT2D eigenvalue weighted by atomic mass is 16.2. The first-order valence-electron chi connectivity index (χ1n) is 7.98. The fourth-order valence-electron chi connectivity index (χ4n) is 2.68. The van der Waals surface area contributed by atoms with Gasteiger partial charge in [-0.05, 0) is 30.4 Å². The highest BCUT2D eigenvalue weighted by Gasteiger charge is 2.32. The number of nitrogens with one attached hydrogen (secondary N) is 2. The summed E-state index contributed by atoms with van der Waals surface area (Å²) in [5.74, 6) is -0.000706. The molecule has 120 valence electrons. The first-order chi connectivity index (χ1) is 10.5. The Labute approximate surface area is 132 Å². The van der Waals surface area contributed by atoms with Gasteiger partial charge in [0.05, 0.1) is 0 Å². The Hall–Kier alpha value is -2.04. The minimum Gasteiger partial charge on any atom is -0.338 e. The second kappa shape index (κ2) is 7.29. The Morgan fingerprint density at radius 2 is 2.00 bits per heavy atom. The maximum absolute atomic E-state index is 12.8. The summed E-state index contributed by atoms with van der Waals surface area (Å²) in [5.41, 5.74) is 2.16. The number of amides is 3. The minimum absolute atomic E-state index is 0.0349. The van der Waals surface area contributed by atoms with Crippen LogP contribution in [0, 0.1) is 5.92 Å². The van der Waals surface area contributed by atoms with Gasteiger partial charge in [-0.3, -0.25) is 4.79 Å². The molecule has 1 aliphatic heterocycles. The summed E-state index contributed by atoms with van der Waals surface area (Å²) in [6.07, 6.45) is 1.74. The maximum Gasteiger partial charge on any atom is 0.315 e. The van der Waals surface area contributed by atoms with Crippen molar-refractivity contribution in [1.29, 1.82) is 0 Å². The van der Waals surface area contributed by atoms with Crippen LogP contribution in [0.15, 0.2) is 24.3 Å². The first-order valence-corrected chi connectivity index (χ1v) is 7.98. The van der Waals surface area contributed by atoms with E-state index >= 15 is 0 Å². The van der Waals surface area contributed by atoms with Crippen LogP contribution in [0.25, 0.3) is 0 Å². The molecule has 1 unspecified atom stereocenters. The van der Waals surface area contributed by atoms with Gasteiger partial charge in [-0.25, -0.2) is 4.79 Å². The molecule has 0 bridgehead atoms. The van der Waals surface area contributed by atoms with Crippen molar-refractivity contribution in [3.63, 3.8) is 0 Å². The number of nitrogens with zero attached hydrogens (tertiary/aromatic N) is 1. The predicted octanol–water partition coefficient (Wildman–Crippen LogP) is 2.31. The Morgan fingerprint density at radius 3 is 2.68 bits per heavy atom. The standard InChI is InChI=1S/C17H25N3O2/c1-4-10-18-17(22)19-15(12(2)3)16(21)20-11-9-13-7-5-6-8-14(13)20/h5-8,12,15H,4,9-11H2,1-3H3,(H2,18,19,22). The number of hydrogen-bond donors (Lipinski definition) is 2. The van der Waals surface area contributed by atoms with Crippen LogP contribution in [0.4, 0.5) is 10.5 Å². The van der Waals surface area contributed by atoms with E-state index in [2.05, 4.69) is 10.6 Å². The van der Waals surface area contributed by atoms with E-state index in [1.165, 1.54) is 5.56 Å². The van der Waals surface area contributed by atoms with Gasteiger partial charge >= 0.3 is 6.03 Å². The maximum atomic E-state index is 12.8. The van der Waals surface area contributed by atoms with E-state index < -0.39 is 6.04 Å². The van der Waals surface area contributed by atoms with Gasteiger partial charge in [0.25, 0.3) is 0 Å². The van der Waals surface area contributed by atoms with E-state index in [9.17, 15) is 9.59 Å². The second-order valence-corrected chi connectivity index (χ2v) is 5.99. The number of para-hydroxylation sites is 1. The molecule has 2 rings (SSSR count). The van der Waals surface area contributed by atoms with E-state index in [1.807, 2.05) is 45.0 Å². The number of anilines is 1. The van der Waals surface area contributed by atoms with Crippen molar-refractivity contribution in [2.45, 2.75) is 39.7 Å². The van der Waals surface area contributed by atoms with Gasteiger partial charge in [-0.1, -0.05) is 39.0 Å². The van der Waals surface area contributed by atoms with E-state index in [4.69, 9.17) is 0 Å². The number of urea groups is 1. The number of hydrogen-bond acceptors (Lipinski definition) is 2. The highest BCUT2D eigenvalue weighted by molar-refractivity contribution is 6.00. The molecule has 22 heavy (non-hydrogen) atoms. The molecule has 0 spiro atoms. The molecule has 0 saturated heterocycles. The fourth-order valence-corrected chi connectivity index (χ4v) is 2.68. The van der Waals surface area contributed by atoms with Crippen LogP contribution in [-0.4, -0.2) is 31.1 Å². The van der Waals surface area contributed by atoms with Crippen LogP contribution in [0.2, 0.25) is 0 Å². The molecule has 0 fully saturated rings. The third-order valence-electron chi connectivity index (χ3n) is 3.91. The third-order valence-corrected chi connectivity index (χ3v) is 3.91. The molecule has 1 atom stereocenters. The van der Waals surface area contributed by atoms with Crippen LogP contribution < -0.4 is 15.5 Å². The highest BCUT2D eigenvalue weighted by Crippen LogP contribution is 2.28. The molecular weight excluding hydrogens is 278 g/mol. The molecule has 5 heteroatoms. The number of carbonyl (C=O) groups excluding carboxylic acids is 2. The van der Waals surface area contributed by atoms with Gasteiger partial charge in [-0.15, -0.1) is 0 Å². The van der Waals surface area contributed by atoms with Crippen molar-refractivity contribution < 1.29 is 9.59 Å². The molecule has 3 amide bonds.